The van der Waals surface area contributed by atoms with E-state index in [4.69, 9.17) is 9.84 Å². The number of nitrogens with zero attached hydrogens (tertiary/aromatic N) is 2. The molecule has 1 atom stereocenters. The molecule has 6 heteroatoms. The van der Waals surface area contributed by atoms with Gasteiger partial charge >= 0.3 is 5.97 Å². The fourth-order valence-electron chi connectivity index (χ4n) is 3.85. The maximum Gasteiger partial charge on any atom is 0.305 e. The molecule has 0 bridgehead atoms. The van der Waals surface area contributed by atoms with Crippen LogP contribution in [0.4, 0.5) is 0 Å². The Bertz CT molecular complexity index is 1230. The van der Waals surface area contributed by atoms with Crippen LogP contribution in [-0.2, 0) is 17.9 Å². The van der Waals surface area contributed by atoms with E-state index in [9.17, 15) is 4.79 Å². The molecule has 0 fully saturated rings. The second kappa shape index (κ2) is 9.66. The summed E-state index contributed by atoms with van der Waals surface area (Å²) in [5, 5.41) is 19.2. The van der Waals surface area contributed by atoms with Crippen molar-refractivity contribution in [2.45, 2.75) is 32.5 Å². The van der Waals surface area contributed by atoms with Gasteiger partial charge in [0.05, 0.1) is 26.3 Å². The standard InChI is InChI=1S/C26H27N3O3/c1-18(20-7-5-8-23(14-20)32-2)27-15-19-12-21-6-3-4-9-24(21)25(13-19)22-16-28-29(17-22)11-10-26(30)31/h3-9,12-14,16-18,27H,10-11,15H2,1-2H3,(H,30,31)/t18-/m1/s1. The molecule has 4 rings (SSSR count). The Morgan fingerprint density at radius 2 is 2.00 bits per heavy atom. The first-order valence-corrected chi connectivity index (χ1v) is 10.7. The average Bonchev–Trinajstić information content (AvgIpc) is 3.29. The number of aliphatic carboxylic acids is 1. The minimum atomic E-state index is -0.828. The molecule has 0 amide bonds. The van der Waals surface area contributed by atoms with Crippen molar-refractivity contribution in [1.29, 1.82) is 0 Å². The Morgan fingerprint density at radius 3 is 2.81 bits per heavy atom. The van der Waals surface area contributed by atoms with Crippen LogP contribution in [0.25, 0.3) is 21.9 Å². The van der Waals surface area contributed by atoms with E-state index in [1.54, 1.807) is 18.0 Å². The van der Waals surface area contributed by atoms with Gasteiger partial charge in [-0.1, -0.05) is 36.4 Å². The van der Waals surface area contributed by atoms with E-state index in [1.807, 2.05) is 30.5 Å². The molecule has 0 saturated carbocycles. The first-order chi connectivity index (χ1) is 15.5. The van der Waals surface area contributed by atoms with Crippen LogP contribution in [0.1, 0.15) is 30.5 Å². The zero-order chi connectivity index (χ0) is 22.5. The van der Waals surface area contributed by atoms with Crippen LogP contribution in [0.15, 0.2) is 73.1 Å². The van der Waals surface area contributed by atoms with E-state index in [1.165, 1.54) is 11.1 Å². The summed E-state index contributed by atoms with van der Waals surface area (Å²) >= 11 is 0. The topological polar surface area (TPSA) is 76.4 Å². The summed E-state index contributed by atoms with van der Waals surface area (Å²) in [7, 11) is 1.68. The molecule has 3 aromatic carbocycles. The van der Waals surface area contributed by atoms with Gasteiger partial charge in [0.25, 0.3) is 0 Å². The van der Waals surface area contributed by atoms with Gasteiger partial charge in [-0.15, -0.1) is 0 Å². The zero-order valence-electron chi connectivity index (χ0n) is 18.3. The molecule has 6 nitrogen and oxygen atoms in total. The monoisotopic (exact) mass is 429 g/mol. The number of aryl methyl sites for hydroxylation is 1. The van der Waals surface area contributed by atoms with Crippen molar-refractivity contribution < 1.29 is 14.6 Å². The summed E-state index contributed by atoms with van der Waals surface area (Å²) < 4.78 is 7.03. The van der Waals surface area contributed by atoms with E-state index in [-0.39, 0.29) is 12.5 Å². The number of hydrogen-bond donors (Lipinski definition) is 2. The fraction of sp³-hybridized carbons (Fsp3) is 0.231. The van der Waals surface area contributed by atoms with E-state index < -0.39 is 5.97 Å². The summed E-state index contributed by atoms with van der Waals surface area (Å²) in [6.45, 7) is 3.21. The summed E-state index contributed by atoms with van der Waals surface area (Å²) in [5.74, 6) is 0.0229. The lowest BCUT2D eigenvalue weighted by Gasteiger charge is -2.16. The fourth-order valence-corrected chi connectivity index (χ4v) is 3.85. The Hall–Kier alpha value is -3.64. The highest BCUT2D eigenvalue weighted by molar-refractivity contribution is 5.97. The Morgan fingerprint density at radius 1 is 1.16 bits per heavy atom. The SMILES string of the molecule is COc1cccc([C@@H](C)NCc2cc(-c3cnn(CCC(=O)O)c3)c3ccccc3c2)c1. The van der Waals surface area contributed by atoms with Crippen molar-refractivity contribution >= 4 is 16.7 Å². The number of aromatic nitrogens is 2. The molecule has 2 N–H and O–H groups in total. The third kappa shape index (κ3) is 4.98. The second-order valence-electron chi connectivity index (χ2n) is 7.88. The van der Waals surface area contributed by atoms with Crippen LogP contribution in [0, 0.1) is 0 Å². The van der Waals surface area contributed by atoms with Crippen LogP contribution < -0.4 is 10.1 Å². The summed E-state index contributed by atoms with van der Waals surface area (Å²) in [5.41, 5.74) is 4.42. The highest BCUT2D eigenvalue weighted by Gasteiger charge is 2.11. The van der Waals surface area contributed by atoms with E-state index in [0.29, 0.717) is 13.1 Å². The summed E-state index contributed by atoms with van der Waals surface area (Å²) in [6.07, 6.45) is 3.77. The van der Waals surface area contributed by atoms with Crippen molar-refractivity contribution in [2.24, 2.45) is 0 Å². The predicted octanol–water partition coefficient (Wildman–Crippen LogP) is 5.04. The van der Waals surface area contributed by atoms with Crippen LogP contribution in [-0.4, -0.2) is 28.0 Å². The number of methoxy groups -OCH3 is 1. The molecular weight excluding hydrogens is 402 g/mol. The Labute approximate surface area is 187 Å². The molecular formula is C26H27N3O3. The molecule has 0 aliphatic heterocycles. The lowest BCUT2D eigenvalue weighted by molar-refractivity contribution is -0.137. The number of nitrogens with one attached hydrogen (secondary N) is 1. The van der Waals surface area contributed by atoms with Crippen molar-refractivity contribution in [3.8, 4) is 16.9 Å². The first kappa shape index (κ1) is 21.6. The molecule has 4 aromatic rings. The maximum atomic E-state index is 10.9. The van der Waals surface area contributed by atoms with Crippen molar-refractivity contribution in [2.75, 3.05) is 7.11 Å². The van der Waals surface area contributed by atoms with Crippen LogP contribution >= 0.6 is 0 Å². The largest absolute Gasteiger partial charge is 0.497 e. The lowest BCUT2D eigenvalue weighted by Crippen LogP contribution is -2.18. The van der Waals surface area contributed by atoms with Crippen LogP contribution in [0.3, 0.4) is 0 Å². The number of rotatable bonds is 9. The number of carbonyl (C=O) groups is 1. The normalized spacial score (nSPS) is 12.1. The van der Waals surface area contributed by atoms with E-state index in [0.717, 1.165) is 27.6 Å². The highest BCUT2D eigenvalue weighted by atomic mass is 16.5. The first-order valence-electron chi connectivity index (χ1n) is 10.7. The highest BCUT2D eigenvalue weighted by Crippen LogP contribution is 2.30. The number of carboxylic acids is 1. The smallest absolute Gasteiger partial charge is 0.305 e. The van der Waals surface area contributed by atoms with Crippen LogP contribution in [0.2, 0.25) is 0 Å². The number of carboxylic acid groups (broad SMARTS) is 1. The summed E-state index contributed by atoms with van der Waals surface area (Å²) in [4.78, 5) is 10.9. The minimum Gasteiger partial charge on any atom is -0.497 e. The van der Waals surface area contributed by atoms with Gasteiger partial charge in [-0.05, 0) is 58.7 Å². The molecule has 0 aliphatic carbocycles. The molecule has 0 radical (unpaired) electrons. The van der Waals surface area contributed by atoms with E-state index in [2.05, 4.69) is 53.7 Å². The number of benzene rings is 3. The third-order valence-electron chi connectivity index (χ3n) is 5.63. The molecule has 1 heterocycles. The molecule has 32 heavy (non-hydrogen) atoms. The molecule has 1 aromatic heterocycles. The predicted molar refractivity (Wildman–Crippen MR) is 126 cm³/mol. The van der Waals surface area contributed by atoms with Gasteiger partial charge in [0.15, 0.2) is 0 Å². The maximum absolute atomic E-state index is 10.9. The van der Waals surface area contributed by atoms with Gasteiger partial charge < -0.3 is 15.2 Å². The molecule has 0 saturated heterocycles. The van der Waals surface area contributed by atoms with Gasteiger partial charge in [0, 0.05) is 24.3 Å². The number of hydrogen-bond acceptors (Lipinski definition) is 4. The molecule has 164 valence electrons. The molecule has 0 unspecified atom stereocenters. The quantitative estimate of drug-likeness (QED) is 0.390. The second-order valence-corrected chi connectivity index (χ2v) is 7.88. The number of fused-ring (bicyclic) bond motifs is 1. The third-order valence-corrected chi connectivity index (χ3v) is 5.63. The van der Waals surface area contributed by atoms with Crippen molar-refractivity contribution in [1.82, 2.24) is 15.1 Å². The Kier molecular flexibility index (Phi) is 6.52. The van der Waals surface area contributed by atoms with Gasteiger partial charge in [-0.2, -0.15) is 5.10 Å². The summed E-state index contributed by atoms with van der Waals surface area (Å²) in [6, 6.07) is 20.9. The molecule has 0 aliphatic rings. The van der Waals surface area contributed by atoms with Gasteiger partial charge in [0.1, 0.15) is 5.75 Å². The zero-order valence-corrected chi connectivity index (χ0v) is 18.3. The Balaban J connectivity index is 1.58. The number of ether oxygens (including phenoxy) is 1. The van der Waals surface area contributed by atoms with Gasteiger partial charge in [-0.3, -0.25) is 9.48 Å². The van der Waals surface area contributed by atoms with Gasteiger partial charge in [-0.25, -0.2) is 0 Å². The van der Waals surface area contributed by atoms with Crippen molar-refractivity contribution in [3.05, 3.63) is 84.2 Å². The van der Waals surface area contributed by atoms with Gasteiger partial charge in [0.2, 0.25) is 0 Å². The van der Waals surface area contributed by atoms with Crippen molar-refractivity contribution in [3.63, 3.8) is 0 Å². The van der Waals surface area contributed by atoms with E-state index >= 15 is 0 Å². The average molecular weight is 430 g/mol. The molecule has 0 spiro atoms. The van der Waals surface area contributed by atoms with Crippen LogP contribution in [0.5, 0.6) is 5.75 Å². The lowest BCUT2D eigenvalue weighted by atomic mass is 9.97. The minimum absolute atomic E-state index is 0.0496.